The molecule has 4 aliphatic rings. The van der Waals surface area contributed by atoms with Crippen molar-refractivity contribution in [3.05, 3.63) is 0 Å². The molecule has 0 unspecified atom stereocenters. The van der Waals surface area contributed by atoms with Gasteiger partial charge in [-0.2, -0.15) is 0 Å². The van der Waals surface area contributed by atoms with Crippen molar-refractivity contribution in [1.29, 1.82) is 0 Å². The average molecular weight is 318 g/mol. The summed E-state index contributed by atoms with van der Waals surface area (Å²) in [6, 6.07) is 0. The third-order valence-electron chi connectivity index (χ3n) is 5.97. The lowest BCUT2D eigenvalue weighted by Gasteiger charge is -2.61. The largest absolute Gasteiger partial charge is 0.394 e. The summed E-state index contributed by atoms with van der Waals surface area (Å²) < 4.78 is 0. The van der Waals surface area contributed by atoms with Gasteiger partial charge < -0.3 is 25.5 Å². The summed E-state index contributed by atoms with van der Waals surface area (Å²) in [5.74, 6) is 0. The zero-order valence-electron chi connectivity index (χ0n) is 13.4. The van der Waals surface area contributed by atoms with Crippen LogP contribution in [0.15, 0.2) is 0 Å². The molecule has 7 nitrogen and oxygen atoms in total. The fourth-order valence-corrected chi connectivity index (χ4v) is 5.67. The molecule has 0 spiro atoms. The van der Waals surface area contributed by atoms with Crippen molar-refractivity contribution in [3.63, 3.8) is 0 Å². The van der Waals surface area contributed by atoms with Crippen LogP contribution in [0, 0.1) is 10.8 Å². The number of rotatable bonds is 5. The molecule has 7 N–H and O–H groups in total. The topological polar surface area (TPSA) is 110 Å². The van der Waals surface area contributed by atoms with Crippen LogP contribution in [-0.2, 0) is 0 Å². The molecule has 0 aromatic carbocycles. The molecule has 4 atom stereocenters. The number of aliphatic hydroxyl groups excluding tert-OH is 5. The maximum Gasteiger partial charge on any atom is 0.242 e. The molecule has 0 amide bonds. The van der Waals surface area contributed by atoms with E-state index in [9.17, 15) is 20.4 Å². The molecule has 0 aliphatic carbocycles. The standard InChI is InChI=1S/C15H28N2O5/c1-14-4-15(2)7-16(5-14)13(17(6-14)8-15)12(22)11(21)10(20)9(19)3-18/h9-13,18-22H,3-8H2,1-2H3/p+2/t9-,10-,11+,12-,13?,14?,15?/m1/s1. The molecule has 0 aromatic rings. The van der Waals surface area contributed by atoms with Gasteiger partial charge in [0.05, 0.1) is 43.6 Å². The van der Waals surface area contributed by atoms with Crippen LogP contribution in [0.5, 0.6) is 0 Å². The van der Waals surface area contributed by atoms with Crippen LogP contribution in [0.1, 0.15) is 20.3 Å². The molecular weight excluding hydrogens is 288 g/mol. The van der Waals surface area contributed by atoms with E-state index in [1.165, 1.54) is 16.2 Å². The van der Waals surface area contributed by atoms with Gasteiger partial charge in [-0.3, -0.25) is 9.80 Å². The van der Waals surface area contributed by atoms with E-state index in [0.717, 1.165) is 26.2 Å². The van der Waals surface area contributed by atoms with Gasteiger partial charge in [0.1, 0.15) is 18.3 Å². The molecule has 0 radical (unpaired) electrons. The fraction of sp³-hybridized carbons (Fsp3) is 1.00. The Hall–Kier alpha value is -0.280. The van der Waals surface area contributed by atoms with Crippen LogP contribution >= 0.6 is 0 Å². The molecule has 4 fully saturated rings. The SMILES string of the molecule is CC12C[NH+]3CC(C)(C[NH+](C1)C3[C@H](O)[C@@H](O)[C@H](O)[C@H](O)CO)C2. The number of nitrogens with one attached hydrogen (secondary N) is 2. The van der Waals surface area contributed by atoms with Crippen LogP contribution in [0.4, 0.5) is 0 Å². The first kappa shape index (κ1) is 16.6. The van der Waals surface area contributed by atoms with Crippen LogP contribution in [0.3, 0.4) is 0 Å². The second kappa shape index (κ2) is 5.37. The van der Waals surface area contributed by atoms with E-state index in [4.69, 9.17) is 5.11 Å². The minimum atomic E-state index is -1.54. The Kier molecular flexibility index (Phi) is 4.05. The summed E-state index contributed by atoms with van der Waals surface area (Å²) in [4.78, 5) is 2.56. The summed E-state index contributed by atoms with van der Waals surface area (Å²) in [5.41, 5.74) is 0.556. The van der Waals surface area contributed by atoms with Crippen molar-refractivity contribution in [3.8, 4) is 0 Å². The number of hydrogen-bond acceptors (Lipinski definition) is 5. The lowest BCUT2D eigenvalue weighted by Crippen LogP contribution is -3.45. The van der Waals surface area contributed by atoms with Gasteiger partial charge in [0.2, 0.25) is 6.17 Å². The van der Waals surface area contributed by atoms with Crippen molar-refractivity contribution >= 4 is 0 Å². The van der Waals surface area contributed by atoms with Crippen LogP contribution < -0.4 is 9.80 Å². The second-order valence-corrected chi connectivity index (χ2v) is 8.52. The third-order valence-corrected chi connectivity index (χ3v) is 5.97. The molecule has 4 bridgehead atoms. The maximum atomic E-state index is 10.6. The molecule has 22 heavy (non-hydrogen) atoms. The summed E-state index contributed by atoms with van der Waals surface area (Å²) in [6.07, 6.45) is -4.52. The van der Waals surface area contributed by atoms with E-state index >= 15 is 0 Å². The Morgan fingerprint density at radius 2 is 1.36 bits per heavy atom. The second-order valence-electron chi connectivity index (χ2n) is 8.52. The van der Waals surface area contributed by atoms with Gasteiger partial charge in [-0.25, -0.2) is 0 Å². The molecule has 0 saturated carbocycles. The summed E-state index contributed by atoms with van der Waals surface area (Å²) in [7, 11) is 0. The zero-order chi connectivity index (χ0) is 16.3. The van der Waals surface area contributed by atoms with Gasteiger partial charge >= 0.3 is 0 Å². The first-order valence-electron chi connectivity index (χ1n) is 8.20. The van der Waals surface area contributed by atoms with Gasteiger partial charge in [0.15, 0.2) is 6.10 Å². The lowest BCUT2D eigenvalue weighted by atomic mass is 9.63. The van der Waals surface area contributed by atoms with Crippen molar-refractivity contribution in [2.24, 2.45) is 10.8 Å². The van der Waals surface area contributed by atoms with E-state index in [-0.39, 0.29) is 17.0 Å². The third kappa shape index (κ3) is 2.58. The Morgan fingerprint density at radius 3 is 1.77 bits per heavy atom. The highest BCUT2D eigenvalue weighted by atomic mass is 16.4. The quantitative estimate of drug-likeness (QED) is 0.275. The molecule has 4 aliphatic heterocycles. The highest BCUT2D eigenvalue weighted by Gasteiger charge is 2.64. The predicted octanol–water partition coefficient (Wildman–Crippen LogP) is -5.04. The summed E-state index contributed by atoms with van der Waals surface area (Å²) in [6.45, 7) is 7.84. The molecule has 7 heteroatoms. The average Bonchev–Trinajstić information content (AvgIpc) is 2.41. The van der Waals surface area contributed by atoms with Crippen LogP contribution in [0.2, 0.25) is 0 Å². The molecular formula is C15H30N2O5+2. The van der Waals surface area contributed by atoms with Gasteiger partial charge in [-0.1, -0.05) is 0 Å². The number of hydrogen-bond donors (Lipinski definition) is 7. The smallest absolute Gasteiger partial charge is 0.242 e. The molecule has 4 heterocycles. The van der Waals surface area contributed by atoms with Gasteiger partial charge in [-0.15, -0.1) is 0 Å². The normalized spacial score (nSPS) is 49.0. The molecule has 4 saturated heterocycles. The number of quaternary nitrogens is 2. The van der Waals surface area contributed by atoms with E-state index in [0.29, 0.717) is 0 Å². The molecule has 0 aromatic heterocycles. The monoisotopic (exact) mass is 318 g/mol. The number of piperidine rings is 2. The Morgan fingerprint density at radius 1 is 0.909 bits per heavy atom. The Labute approximate surface area is 130 Å². The van der Waals surface area contributed by atoms with Gasteiger partial charge in [0, 0.05) is 0 Å². The fourth-order valence-electron chi connectivity index (χ4n) is 5.67. The highest BCUT2D eigenvalue weighted by molar-refractivity contribution is 4.94. The first-order valence-corrected chi connectivity index (χ1v) is 8.20. The Bertz CT molecular complexity index is 398. The minimum absolute atomic E-state index is 0.183. The Balaban J connectivity index is 1.76. The van der Waals surface area contributed by atoms with Crippen molar-refractivity contribution in [2.45, 2.75) is 50.8 Å². The summed E-state index contributed by atoms with van der Waals surface area (Å²) in [5, 5.41) is 49.1. The number of aliphatic hydroxyl groups is 5. The van der Waals surface area contributed by atoms with E-state index in [1.807, 2.05) is 0 Å². The van der Waals surface area contributed by atoms with E-state index in [2.05, 4.69) is 13.8 Å². The summed E-state index contributed by atoms with van der Waals surface area (Å²) >= 11 is 0. The van der Waals surface area contributed by atoms with Crippen molar-refractivity contribution in [1.82, 2.24) is 0 Å². The van der Waals surface area contributed by atoms with Gasteiger partial charge in [0.25, 0.3) is 0 Å². The first-order chi connectivity index (χ1) is 10.2. The molecule has 128 valence electrons. The van der Waals surface area contributed by atoms with Gasteiger partial charge in [-0.05, 0) is 20.3 Å². The lowest BCUT2D eigenvalue weighted by molar-refractivity contribution is -1.18. The minimum Gasteiger partial charge on any atom is -0.394 e. The highest BCUT2D eigenvalue weighted by Crippen LogP contribution is 2.38. The predicted molar refractivity (Wildman–Crippen MR) is 77.1 cm³/mol. The van der Waals surface area contributed by atoms with Crippen LogP contribution in [0.25, 0.3) is 0 Å². The maximum absolute atomic E-state index is 10.6. The molecule has 4 rings (SSSR count). The van der Waals surface area contributed by atoms with Crippen molar-refractivity contribution in [2.75, 3.05) is 32.8 Å². The van der Waals surface area contributed by atoms with Crippen LogP contribution in [-0.4, -0.2) is 88.9 Å². The zero-order valence-corrected chi connectivity index (χ0v) is 13.4. The van der Waals surface area contributed by atoms with Crippen molar-refractivity contribution < 1.29 is 35.3 Å². The van der Waals surface area contributed by atoms with E-state index in [1.54, 1.807) is 0 Å². The van der Waals surface area contributed by atoms with E-state index < -0.39 is 31.0 Å².